The first-order valence-corrected chi connectivity index (χ1v) is 6.54. The Kier molecular flexibility index (Phi) is 5.78. The Balaban J connectivity index is 2.91. The van der Waals surface area contributed by atoms with Crippen LogP contribution in [-0.4, -0.2) is 34.7 Å². The van der Waals surface area contributed by atoms with Crippen molar-refractivity contribution >= 4 is 11.7 Å². The van der Waals surface area contributed by atoms with Crippen LogP contribution in [0.4, 0.5) is 13.2 Å². The first-order valence-electron chi connectivity index (χ1n) is 6.54. The zero-order valence-electron chi connectivity index (χ0n) is 11.8. The summed E-state index contributed by atoms with van der Waals surface area (Å²) in [5.74, 6) is -2.12. The molecule has 0 aliphatic heterocycles. The lowest BCUT2D eigenvalue weighted by Crippen LogP contribution is -2.23. The average molecular weight is 319 g/mol. The number of carbonyl (C=O) groups excluding carboxylic acids is 1. The normalized spacial score (nSPS) is 11.3. The molecule has 3 N–H and O–H groups in total. The number of rotatable bonds is 6. The highest BCUT2D eigenvalue weighted by Gasteiger charge is 2.38. The first kappa shape index (κ1) is 17.8. The summed E-state index contributed by atoms with van der Waals surface area (Å²) >= 11 is 0. The van der Waals surface area contributed by atoms with E-state index in [1.165, 1.54) is 6.07 Å². The predicted molar refractivity (Wildman–Crippen MR) is 72.2 cm³/mol. The summed E-state index contributed by atoms with van der Waals surface area (Å²) in [6.45, 7) is 1.68. The minimum atomic E-state index is -5.00. The zero-order valence-corrected chi connectivity index (χ0v) is 11.8. The molecular formula is C14H16F3NO4. The average Bonchev–Trinajstić information content (AvgIpc) is 2.40. The van der Waals surface area contributed by atoms with Crippen LogP contribution < -0.4 is 0 Å². The van der Waals surface area contributed by atoms with Gasteiger partial charge in [0.1, 0.15) is 11.5 Å². The van der Waals surface area contributed by atoms with Gasteiger partial charge >= 0.3 is 12.1 Å². The van der Waals surface area contributed by atoms with Gasteiger partial charge in [0.2, 0.25) is 0 Å². The molecule has 0 bridgehead atoms. The molecule has 0 radical (unpaired) electrons. The number of aromatic hydroxyl groups is 2. The largest absolute Gasteiger partial charge is 0.507 e. The van der Waals surface area contributed by atoms with Gasteiger partial charge in [0.05, 0.1) is 12.2 Å². The number of benzene rings is 1. The van der Waals surface area contributed by atoms with E-state index in [2.05, 4.69) is 0 Å². The van der Waals surface area contributed by atoms with Crippen molar-refractivity contribution in [1.82, 2.24) is 0 Å². The molecule has 0 spiro atoms. The number of nitrogens with one attached hydrogen (secondary N) is 1. The fourth-order valence-corrected chi connectivity index (χ4v) is 1.76. The maximum atomic E-state index is 12.6. The van der Waals surface area contributed by atoms with Gasteiger partial charge in [-0.2, -0.15) is 13.2 Å². The van der Waals surface area contributed by atoms with Crippen LogP contribution in [0.25, 0.3) is 0 Å². The fourth-order valence-electron chi connectivity index (χ4n) is 1.76. The Hall–Kier alpha value is -2.25. The molecule has 0 fully saturated rings. The van der Waals surface area contributed by atoms with Crippen molar-refractivity contribution in [2.75, 3.05) is 6.61 Å². The lowest BCUT2D eigenvalue weighted by atomic mass is 10.0. The number of ether oxygens (including phenoxy) is 1. The Bertz CT molecular complexity index is 570. The van der Waals surface area contributed by atoms with Gasteiger partial charge in [-0.1, -0.05) is 13.0 Å². The topological polar surface area (TPSA) is 90.6 Å². The van der Waals surface area contributed by atoms with Crippen molar-refractivity contribution in [3.05, 3.63) is 23.3 Å². The van der Waals surface area contributed by atoms with Crippen LogP contribution in [0.1, 0.15) is 30.9 Å². The van der Waals surface area contributed by atoms with Crippen LogP contribution in [0, 0.1) is 5.41 Å². The molecule has 1 aromatic carbocycles. The third-order valence-electron chi connectivity index (χ3n) is 2.86. The van der Waals surface area contributed by atoms with Crippen LogP contribution in [0.5, 0.6) is 11.5 Å². The first-order chi connectivity index (χ1) is 10.2. The van der Waals surface area contributed by atoms with E-state index in [0.29, 0.717) is 6.42 Å². The maximum Gasteiger partial charge on any atom is 0.433 e. The minimum Gasteiger partial charge on any atom is -0.507 e. The van der Waals surface area contributed by atoms with Gasteiger partial charge in [-0.05, 0) is 18.1 Å². The fraction of sp³-hybridized carbons (Fsp3) is 0.429. The van der Waals surface area contributed by atoms with Crippen LogP contribution in [0.15, 0.2) is 12.1 Å². The van der Waals surface area contributed by atoms with Crippen LogP contribution in [0.2, 0.25) is 0 Å². The van der Waals surface area contributed by atoms with Gasteiger partial charge in [-0.15, -0.1) is 0 Å². The molecule has 0 heterocycles. The Labute approximate surface area is 124 Å². The Morgan fingerprint density at radius 2 is 1.95 bits per heavy atom. The molecule has 0 atom stereocenters. The van der Waals surface area contributed by atoms with E-state index in [9.17, 15) is 28.2 Å². The lowest BCUT2D eigenvalue weighted by molar-refractivity contribution is -0.143. The summed E-state index contributed by atoms with van der Waals surface area (Å²) < 4.78 is 42.5. The second kappa shape index (κ2) is 7.15. The van der Waals surface area contributed by atoms with E-state index in [0.717, 1.165) is 6.07 Å². The van der Waals surface area contributed by atoms with Crippen LogP contribution >= 0.6 is 0 Å². The summed E-state index contributed by atoms with van der Waals surface area (Å²) in [6.07, 6.45) is -4.19. The molecule has 0 saturated heterocycles. The Morgan fingerprint density at radius 3 is 2.50 bits per heavy atom. The zero-order chi connectivity index (χ0) is 16.9. The van der Waals surface area contributed by atoms with Crippen molar-refractivity contribution in [2.45, 2.75) is 32.4 Å². The summed E-state index contributed by atoms with van der Waals surface area (Å²) in [6, 6.07) is 2.17. The Morgan fingerprint density at radius 1 is 1.32 bits per heavy atom. The third-order valence-corrected chi connectivity index (χ3v) is 2.86. The molecule has 0 aliphatic carbocycles. The number of carbonyl (C=O) groups is 1. The molecule has 22 heavy (non-hydrogen) atoms. The predicted octanol–water partition coefficient (Wildman–Crippen LogP) is 2.91. The summed E-state index contributed by atoms with van der Waals surface area (Å²) in [5.41, 5.74) is -2.77. The smallest absolute Gasteiger partial charge is 0.433 e. The number of phenolic OH excluding ortho intramolecular Hbond substituents is 2. The van der Waals surface area contributed by atoms with E-state index < -0.39 is 34.9 Å². The van der Waals surface area contributed by atoms with Gasteiger partial charge in [0.25, 0.3) is 0 Å². The molecule has 1 aromatic rings. The van der Waals surface area contributed by atoms with Crippen molar-refractivity contribution < 1.29 is 32.9 Å². The second-order valence-corrected chi connectivity index (χ2v) is 4.56. The lowest BCUT2D eigenvalue weighted by Gasteiger charge is -2.14. The molecule has 122 valence electrons. The van der Waals surface area contributed by atoms with Gasteiger partial charge < -0.3 is 14.9 Å². The molecule has 0 amide bonds. The van der Waals surface area contributed by atoms with E-state index >= 15 is 0 Å². The van der Waals surface area contributed by atoms with Crippen LogP contribution in [0.3, 0.4) is 0 Å². The summed E-state index contributed by atoms with van der Waals surface area (Å²) in [5, 5.41) is 26.3. The molecule has 0 aliphatic rings. The number of phenols is 2. The molecule has 1 rings (SSSR count). The van der Waals surface area contributed by atoms with Crippen molar-refractivity contribution in [1.29, 1.82) is 5.41 Å². The van der Waals surface area contributed by atoms with E-state index in [1.54, 1.807) is 6.92 Å². The number of hydrogen-bond acceptors (Lipinski definition) is 5. The van der Waals surface area contributed by atoms with Crippen LogP contribution in [-0.2, 0) is 16.0 Å². The monoisotopic (exact) mass is 319 g/mol. The number of halogens is 3. The van der Waals surface area contributed by atoms with Crippen molar-refractivity contribution in [3.63, 3.8) is 0 Å². The molecular weight excluding hydrogens is 303 g/mol. The highest BCUT2D eigenvalue weighted by atomic mass is 19.4. The van der Waals surface area contributed by atoms with Crippen molar-refractivity contribution in [3.8, 4) is 11.5 Å². The van der Waals surface area contributed by atoms with E-state index in [4.69, 9.17) is 10.1 Å². The minimum absolute atomic E-state index is 0.0281. The second-order valence-electron chi connectivity index (χ2n) is 4.56. The summed E-state index contributed by atoms with van der Waals surface area (Å²) in [4.78, 5) is 11.2. The summed E-state index contributed by atoms with van der Waals surface area (Å²) in [7, 11) is 0. The molecule has 0 unspecified atom stereocenters. The maximum absolute atomic E-state index is 12.6. The molecule has 8 heteroatoms. The number of alkyl halides is 3. The van der Waals surface area contributed by atoms with E-state index in [1.807, 2.05) is 0 Å². The quantitative estimate of drug-likeness (QED) is 0.555. The van der Waals surface area contributed by atoms with Crippen molar-refractivity contribution in [2.24, 2.45) is 0 Å². The molecule has 0 aromatic heterocycles. The van der Waals surface area contributed by atoms with Gasteiger partial charge in [-0.25, -0.2) is 0 Å². The third kappa shape index (κ3) is 4.37. The van der Waals surface area contributed by atoms with E-state index in [-0.39, 0.29) is 25.0 Å². The molecule has 5 nitrogen and oxygen atoms in total. The number of hydrogen-bond donors (Lipinski definition) is 3. The van der Waals surface area contributed by atoms with Gasteiger partial charge in [-0.3, -0.25) is 10.2 Å². The molecule has 0 saturated carbocycles. The SMILES string of the molecule is CCCC(=O)OCCc1ccc(O)c(C(=N)C(F)(F)F)c1O. The number of esters is 1. The standard InChI is InChI=1S/C14H16F3NO4/c1-2-3-10(20)22-7-6-8-4-5-9(19)11(12(8)21)13(18)14(15,16)17/h4-5,18-19,21H,2-3,6-7H2,1H3. The van der Waals surface area contributed by atoms with Gasteiger partial charge in [0.15, 0.2) is 5.71 Å². The van der Waals surface area contributed by atoms with Gasteiger partial charge in [0, 0.05) is 12.8 Å². The highest BCUT2D eigenvalue weighted by molar-refractivity contribution is 6.06. The highest BCUT2D eigenvalue weighted by Crippen LogP contribution is 2.35.